The lowest BCUT2D eigenvalue weighted by molar-refractivity contribution is 0.105. The van der Waals surface area contributed by atoms with Gasteiger partial charge in [0, 0.05) is 6.54 Å². The molecule has 0 bridgehead atoms. The van der Waals surface area contributed by atoms with Crippen molar-refractivity contribution in [3.05, 3.63) is 16.7 Å². The first-order chi connectivity index (χ1) is 6.63. The highest BCUT2D eigenvalue weighted by Gasteiger charge is 2.04. The van der Waals surface area contributed by atoms with E-state index in [-0.39, 0.29) is 13.2 Å². The number of hydrogen-bond acceptors (Lipinski definition) is 5. The molecule has 1 atom stereocenters. The highest BCUT2D eigenvalue weighted by Crippen LogP contribution is 2.21. The zero-order valence-corrected chi connectivity index (χ0v) is 9.03. The van der Waals surface area contributed by atoms with Crippen LogP contribution in [-0.4, -0.2) is 34.5 Å². The number of hydrogen-bond donors (Lipinski definition) is 4. The number of aromatic nitrogens is 1. The molecule has 1 heterocycles. The molecule has 0 radical (unpaired) electrons. The number of aliphatic hydroxyl groups is 2. The van der Waals surface area contributed by atoms with Crippen LogP contribution in [0.15, 0.2) is 16.7 Å². The maximum atomic E-state index is 9.08. The van der Waals surface area contributed by atoms with Crippen molar-refractivity contribution in [2.45, 2.75) is 6.10 Å². The maximum Gasteiger partial charge on any atom is 0.140 e. The summed E-state index contributed by atoms with van der Waals surface area (Å²) in [7, 11) is 0. The van der Waals surface area contributed by atoms with Crippen molar-refractivity contribution in [3.8, 4) is 0 Å². The average Bonchev–Trinajstić information content (AvgIpc) is 2.16. The van der Waals surface area contributed by atoms with Gasteiger partial charge in [-0.05, 0) is 22.0 Å². The van der Waals surface area contributed by atoms with Crippen LogP contribution in [0.3, 0.4) is 0 Å². The van der Waals surface area contributed by atoms with E-state index in [4.69, 9.17) is 15.9 Å². The summed E-state index contributed by atoms with van der Waals surface area (Å²) < 4.78 is 0.725. The maximum absolute atomic E-state index is 9.08. The number of nitrogens with two attached hydrogens (primary N) is 1. The van der Waals surface area contributed by atoms with E-state index in [0.717, 1.165) is 4.47 Å². The van der Waals surface area contributed by atoms with Crippen LogP contribution in [0, 0.1) is 0 Å². The molecular weight excluding hydrogens is 250 g/mol. The van der Waals surface area contributed by atoms with E-state index in [0.29, 0.717) is 11.5 Å². The monoisotopic (exact) mass is 261 g/mol. The number of halogens is 1. The third-order valence-corrected chi connectivity index (χ3v) is 2.18. The molecule has 14 heavy (non-hydrogen) atoms. The van der Waals surface area contributed by atoms with Crippen LogP contribution in [0.1, 0.15) is 0 Å². The first-order valence-corrected chi connectivity index (χ1v) is 4.86. The molecule has 0 spiro atoms. The lowest BCUT2D eigenvalue weighted by Crippen LogP contribution is -2.23. The van der Waals surface area contributed by atoms with Gasteiger partial charge in [0.1, 0.15) is 5.82 Å². The van der Waals surface area contributed by atoms with Crippen molar-refractivity contribution >= 4 is 27.4 Å². The first-order valence-electron chi connectivity index (χ1n) is 4.07. The van der Waals surface area contributed by atoms with E-state index in [1.807, 2.05) is 0 Å². The van der Waals surface area contributed by atoms with Gasteiger partial charge < -0.3 is 21.3 Å². The largest absolute Gasteiger partial charge is 0.397 e. The van der Waals surface area contributed by atoms with Crippen molar-refractivity contribution in [1.29, 1.82) is 0 Å². The Labute approximate surface area is 90.1 Å². The third-order valence-electron chi connectivity index (χ3n) is 1.58. The van der Waals surface area contributed by atoms with Crippen LogP contribution >= 0.6 is 15.9 Å². The van der Waals surface area contributed by atoms with Crippen LogP contribution in [0.2, 0.25) is 0 Å². The van der Waals surface area contributed by atoms with E-state index in [9.17, 15) is 0 Å². The van der Waals surface area contributed by atoms with E-state index in [1.165, 1.54) is 6.20 Å². The first kappa shape index (κ1) is 11.2. The van der Waals surface area contributed by atoms with Gasteiger partial charge in [-0.1, -0.05) is 0 Å². The predicted molar refractivity (Wildman–Crippen MR) is 57.9 cm³/mol. The molecule has 1 aromatic heterocycles. The zero-order valence-electron chi connectivity index (χ0n) is 7.44. The molecule has 0 saturated heterocycles. The van der Waals surface area contributed by atoms with Gasteiger partial charge in [0.05, 0.1) is 29.1 Å². The van der Waals surface area contributed by atoms with Gasteiger partial charge in [-0.25, -0.2) is 4.98 Å². The van der Waals surface area contributed by atoms with E-state index < -0.39 is 6.10 Å². The number of nitrogens with zero attached hydrogens (tertiary/aromatic N) is 1. The summed E-state index contributed by atoms with van der Waals surface area (Å²) >= 11 is 3.27. The standard InChI is InChI=1S/C8H12BrN3O2/c9-7-1-5(10)2-11-8(7)12-3-6(14)4-13/h1-2,6,13-14H,3-4,10H2,(H,11,12). The highest BCUT2D eigenvalue weighted by molar-refractivity contribution is 9.10. The molecule has 1 unspecified atom stereocenters. The summed E-state index contributed by atoms with van der Waals surface area (Å²) in [5.74, 6) is 0.590. The summed E-state index contributed by atoms with van der Waals surface area (Å²) in [6.07, 6.45) is 0.722. The van der Waals surface area contributed by atoms with Crippen LogP contribution in [0.5, 0.6) is 0 Å². The molecule has 0 aromatic carbocycles. The number of aliphatic hydroxyl groups excluding tert-OH is 2. The van der Waals surface area contributed by atoms with Crippen LogP contribution in [0.25, 0.3) is 0 Å². The van der Waals surface area contributed by atoms with Crippen molar-refractivity contribution in [3.63, 3.8) is 0 Å². The number of anilines is 2. The normalized spacial score (nSPS) is 12.5. The van der Waals surface area contributed by atoms with E-state index in [1.54, 1.807) is 6.07 Å². The second kappa shape index (κ2) is 5.14. The summed E-state index contributed by atoms with van der Waals surface area (Å²) in [5.41, 5.74) is 6.06. The Morgan fingerprint density at radius 2 is 2.36 bits per heavy atom. The molecular formula is C8H12BrN3O2. The van der Waals surface area contributed by atoms with Crippen LogP contribution in [-0.2, 0) is 0 Å². The predicted octanol–water partition coefficient (Wildman–Crippen LogP) is 0.191. The van der Waals surface area contributed by atoms with Gasteiger partial charge in [-0.3, -0.25) is 0 Å². The Morgan fingerprint density at radius 1 is 1.64 bits per heavy atom. The smallest absolute Gasteiger partial charge is 0.140 e. The minimum atomic E-state index is -0.791. The number of pyridine rings is 1. The Balaban J connectivity index is 2.59. The SMILES string of the molecule is Nc1cnc(NCC(O)CO)c(Br)c1. The van der Waals surface area contributed by atoms with Gasteiger partial charge in [0.2, 0.25) is 0 Å². The summed E-state index contributed by atoms with van der Waals surface area (Å²) in [6.45, 7) is -0.0361. The molecule has 0 saturated carbocycles. The Kier molecular flexibility index (Phi) is 4.12. The quantitative estimate of drug-likeness (QED) is 0.621. The molecule has 1 aromatic rings. The summed E-state index contributed by atoms with van der Waals surface area (Å²) in [6, 6.07) is 1.71. The molecule has 5 nitrogen and oxygen atoms in total. The van der Waals surface area contributed by atoms with Crippen molar-refractivity contribution in [1.82, 2.24) is 4.98 Å². The molecule has 6 heteroatoms. The van der Waals surface area contributed by atoms with E-state index in [2.05, 4.69) is 26.2 Å². The second-order valence-electron chi connectivity index (χ2n) is 2.82. The minimum Gasteiger partial charge on any atom is -0.397 e. The Hall–Kier alpha value is -0.850. The molecule has 5 N–H and O–H groups in total. The van der Waals surface area contributed by atoms with Gasteiger partial charge in [0.15, 0.2) is 0 Å². The summed E-state index contributed by atoms with van der Waals surface area (Å²) in [4.78, 5) is 4.01. The Bertz CT molecular complexity index is 309. The topological polar surface area (TPSA) is 91.4 Å². The van der Waals surface area contributed by atoms with Crippen LogP contribution < -0.4 is 11.1 Å². The number of nitrogen functional groups attached to an aromatic ring is 1. The molecule has 0 aliphatic carbocycles. The average molecular weight is 262 g/mol. The lowest BCUT2D eigenvalue weighted by Gasteiger charge is -2.10. The summed E-state index contributed by atoms with van der Waals surface area (Å²) in [5, 5.41) is 20.5. The second-order valence-corrected chi connectivity index (χ2v) is 3.67. The molecule has 0 amide bonds. The molecule has 0 fully saturated rings. The van der Waals surface area contributed by atoms with Gasteiger partial charge >= 0.3 is 0 Å². The molecule has 1 rings (SSSR count). The fourth-order valence-corrected chi connectivity index (χ4v) is 1.37. The fourth-order valence-electron chi connectivity index (χ4n) is 0.862. The minimum absolute atomic E-state index is 0.242. The van der Waals surface area contributed by atoms with Crippen LogP contribution in [0.4, 0.5) is 11.5 Å². The fraction of sp³-hybridized carbons (Fsp3) is 0.375. The lowest BCUT2D eigenvalue weighted by atomic mass is 10.3. The van der Waals surface area contributed by atoms with Gasteiger partial charge in [0.25, 0.3) is 0 Å². The van der Waals surface area contributed by atoms with Crippen molar-refractivity contribution in [2.24, 2.45) is 0 Å². The molecule has 78 valence electrons. The van der Waals surface area contributed by atoms with Crippen molar-refractivity contribution in [2.75, 3.05) is 24.2 Å². The highest BCUT2D eigenvalue weighted by atomic mass is 79.9. The Morgan fingerprint density at radius 3 is 2.93 bits per heavy atom. The van der Waals surface area contributed by atoms with Gasteiger partial charge in [-0.15, -0.1) is 0 Å². The van der Waals surface area contributed by atoms with Gasteiger partial charge in [-0.2, -0.15) is 0 Å². The third kappa shape index (κ3) is 3.13. The zero-order chi connectivity index (χ0) is 10.6. The van der Waals surface area contributed by atoms with Crippen molar-refractivity contribution < 1.29 is 10.2 Å². The number of rotatable bonds is 4. The molecule has 0 aliphatic heterocycles. The van der Waals surface area contributed by atoms with E-state index >= 15 is 0 Å². The molecule has 0 aliphatic rings. The number of nitrogens with one attached hydrogen (secondary N) is 1.